The Morgan fingerprint density at radius 2 is 1.74 bits per heavy atom. The molecule has 0 aliphatic rings. The summed E-state index contributed by atoms with van der Waals surface area (Å²) in [4.78, 5) is 12.9. The summed E-state index contributed by atoms with van der Waals surface area (Å²) in [6.07, 6.45) is 0. The first-order valence-electron chi connectivity index (χ1n) is 11.4. The topological polar surface area (TPSA) is 69.0 Å². The van der Waals surface area contributed by atoms with Crippen LogP contribution in [0.1, 0.15) is 24.1 Å². The predicted molar refractivity (Wildman–Crippen MR) is 136 cm³/mol. The molecule has 4 aromatic rings. The number of carbonyl (C=O) groups excluding carboxylic acids is 1. The van der Waals surface area contributed by atoms with Crippen molar-refractivity contribution in [1.82, 2.24) is 20.1 Å². The fraction of sp³-hybridized carbons (Fsp3) is 0.222. The third-order valence-electron chi connectivity index (χ3n) is 5.53. The number of amides is 1. The molecule has 1 amide bonds. The number of nitrogens with zero attached hydrogens (tertiary/aromatic N) is 3. The van der Waals surface area contributed by atoms with Crippen molar-refractivity contribution in [2.45, 2.75) is 31.6 Å². The van der Waals surface area contributed by atoms with Gasteiger partial charge in [-0.15, -0.1) is 10.2 Å². The molecule has 3 aromatic carbocycles. The summed E-state index contributed by atoms with van der Waals surface area (Å²) in [5.41, 5.74) is 3.01. The van der Waals surface area contributed by atoms with E-state index in [1.165, 1.54) is 17.8 Å². The van der Waals surface area contributed by atoms with Crippen molar-refractivity contribution < 1.29 is 13.9 Å². The lowest BCUT2D eigenvalue weighted by molar-refractivity contribution is -0.119. The molecule has 0 spiro atoms. The fourth-order valence-electron chi connectivity index (χ4n) is 3.71. The number of nitrogens with one attached hydrogen (secondary N) is 1. The second kappa shape index (κ2) is 11.7. The highest BCUT2D eigenvalue weighted by atomic mass is 32.2. The Morgan fingerprint density at radius 1 is 1.03 bits per heavy atom. The van der Waals surface area contributed by atoms with E-state index >= 15 is 0 Å². The van der Waals surface area contributed by atoms with Crippen molar-refractivity contribution in [3.63, 3.8) is 0 Å². The second-order valence-electron chi connectivity index (χ2n) is 7.93. The number of benzene rings is 3. The molecule has 6 nitrogen and oxygen atoms in total. The largest absolute Gasteiger partial charge is 0.488 e. The Kier molecular flexibility index (Phi) is 8.15. The molecule has 1 N–H and O–H groups in total. The van der Waals surface area contributed by atoms with Gasteiger partial charge in [-0.25, -0.2) is 4.39 Å². The van der Waals surface area contributed by atoms with E-state index < -0.39 is 11.9 Å². The van der Waals surface area contributed by atoms with Gasteiger partial charge in [-0.1, -0.05) is 78.5 Å². The quantitative estimate of drug-likeness (QED) is 0.300. The maximum atomic E-state index is 14.0. The van der Waals surface area contributed by atoms with Crippen LogP contribution in [0, 0.1) is 12.7 Å². The van der Waals surface area contributed by atoms with Crippen LogP contribution in [0.5, 0.6) is 5.75 Å². The van der Waals surface area contributed by atoms with Crippen LogP contribution in [0.25, 0.3) is 11.4 Å². The minimum atomic E-state index is -0.440. The van der Waals surface area contributed by atoms with E-state index in [2.05, 4.69) is 15.5 Å². The lowest BCUT2D eigenvalue weighted by atomic mass is 10.1. The number of thioether (sulfide) groups is 1. The van der Waals surface area contributed by atoms with Gasteiger partial charge in [0.2, 0.25) is 5.91 Å². The number of rotatable bonds is 10. The first kappa shape index (κ1) is 24.5. The molecule has 35 heavy (non-hydrogen) atoms. The zero-order chi connectivity index (χ0) is 24.6. The fourth-order valence-corrected chi connectivity index (χ4v) is 4.52. The number of halogens is 1. The molecule has 0 saturated carbocycles. The predicted octanol–water partition coefficient (Wildman–Crippen LogP) is 5.44. The summed E-state index contributed by atoms with van der Waals surface area (Å²) in [7, 11) is 0. The van der Waals surface area contributed by atoms with Crippen LogP contribution in [0.15, 0.2) is 84.0 Å². The molecule has 0 bridgehead atoms. The second-order valence-corrected chi connectivity index (χ2v) is 8.87. The maximum Gasteiger partial charge on any atom is 0.231 e. The normalized spacial score (nSPS) is 11.7. The highest BCUT2D eigenvalue weighted by molar-refractivity contribution is 7.99. The van der Waals surface area contributed by atoms with E-state index in [1.807, 2.05) is 73.0 Å². The summed E-state index contributed by atoms with van der Waals surface area (Å²) >= 11 is 1.33. The number of hydrogen-bond donors (Lipinski definition) is 1. The molecule has 180 valence electrons. The SMILES string of the molecule is CCn1c(SCC(=O)NC(COc2ccccc2F)c2ccccc2)nnc1-c1ccccc1C. The Hall–Kier alpha value is -3.65. The van der Waals surface area contributed by atoms with Crippen LogP contribution in [-0.4, -0.2) is 33.0 Å². The summed E-state index contributed by atoms with van der Waals surface area (Å²) < 4.78 is 21.7. The lowest BCUT2D eigenvalue weighted by Crippen LogP contribution is -2.33. The smallest absolute Gasteiger partial charge is 0.231 e. The third-order valence-corrected chi connectivity index (χ3v) is 6.50. The van der Waals surface area contributed by atoms with Crippen molar-refractivity contribution in [3.05, 3.63) is 95.8 Å². The molecule has 1 heterocycles. The highest BCUT2D eigenvalue weighted by Crippen LogP contribution is 2.26. The zero-order valence-electron chi connectivity index (χ0n) is 19.6. The summed E-state index contributed by atoms with van der Waals surface area (Å²) in [6, 6.07) is 23.3. The van der Waals surface area contributed by atoms with Gasteiger partial charge in [0, 0.05) is 12.1 Å². The van der Waals surface area contributed by atoms with E-state index in [0.29, 0.717) is 11.7 Å². The number of hydrogen-bond acceptors (Lipinski definition) is 5. The number of aromatic nitrogens is 3. The van der Waals surface area contributed by atoms with E-state index in [0.717, 1.165) is 22.5 Å². The molecule has 1 unspecified atom stereocenters. The van der Waals surface area contributed by atoms with Crippen molar-refractivity contribution in [2.24, 2.45) is 0 Å². The van der Waals surface area contributed by atoms with Crippen molar-refractivity contribution in [3.8, 4) is 17.1 Å². The van der Waals surface area contributed by atoms with Gasteiger partial charge in [0.25, 0.3) is 0 Å². The molecule has 4 rings (SSSR count). The van der Waals surface area contributed by atoms with Gasteiger partial charge in [0.05, 0.1) is 11.8 Å². The average molecular weight is 491 g/mol. The first-order valence-corrected chi connectivity index (χ1v) is 12.4. The molecule has 1 atom stereocenters. The van der Waals surface area contributed by atoms with Gasteiger partial charge in [0.1, 0.15) is 6.61 Å². The minimum Gasteiger partial charge on any atom is -0.488 e. The van der Waals surface area contributed by atoms with Gasteiger partial charge in [-0.3, -0.25) is 4.79 Å². The molecule has 1 aromatic heterocycles. The number of aryl methyl sites for hydroxylation is 1. The summed E-state index contributed by atoms with van der Waals surface area (Å²) in [6.45, 7) is 4.85. The van der Waals surface area contributed by atoms with E-state index in [1.54, 1.807) is 18.2 Å². The van der Waals surface area contributed by atoms with E-state index in [4.69, 9.17) is 4.74 Å². The molecule has 0 aliphatic carbocycles. The summed E-state index contributed by atoms with van der Waals surface area (Å²) in [5.74, 6) is 0.481. The van der Waals surface area contributed by atoms with Crippen LogP contribution < -0.4 is 10.1 Å². The lowest BCUT2D eigenvalue weighted by Gasteiger charge is -2.20. The monoisotopic (exact) mass is 490 g/mol. The molecular weight excluding hydrogens is 463 g/mol. The molecule has 0 radical (unpaired) electrons. The molecule has 8 heteroatoms. The van der Waals surface area contributed by atoms with Crippen LogP contribution in [0.2, 0.25) is 0 Å². The van der Waals surface area contributed by atoms with Crippen molar-refractivity contribution >= 4 is 17.7 Å². The molecular formula is C27H27FN4O2S. The third kappa shape index (κ3) is 6.08. The first-order chi connectivity index (χ1) is 17.1. The van der Waals surface area contributed by atoms with Crippen LogP contribution in [-0.2, 0) is 11.3 Å². The van der Waals surface area contributed by atoms with Gasteiger partial charge in [-0.2, -0.15) is 0 Å². The standard InChI is InChI=1S/C27H27FN4O2S/c1-3-32-26(21-14-8-7-11-19(21)2)30-31-27(32)35-18-25(33)29-23(20-12-5-4-6-13-20)17-34-24-16-10-9-15-22(24)28/h4-16,23H,3,17-18H2,1-2H3,(H,29,33). The molecule has 0 saturated heterocycles. The van der Waals surface area contributed by atoms with Gasteiger partial charge in [0.15, 0.2) is 22.5 Å². The number of carbonyl (C=O) groups is 1. The molecule has 0 aliphatic heterocycles. The van der Waals surface area contributed by atoms with Gasteiger partial charge < -0.3 is 14.6 Å². The highest BCUT2D eigenvalue weighted by Gasteiger charge is 2.19. The zero-order valence-corrected chi connectivity index (χ0v) is 20.5. The Balaban J connectivity index is 1.44. The van der Waals surface area contributed by atoms with E-state index in [-0.39, 0.29) is 24.0 Å². The maximum absolute atomic E-state index is 14.0. The minimum absolute atomic E-state index is 0.101. The van der Waals surface area contributed by atoms with Gasteiger partial charge >= 0.3 is 0 Å². The number of ether oxygens (including phenoxy) is 1. The summed E-state index contributed by atoms with van der Waals surface area (Å²) in [5, 5.41) is 12.4. The van der Waals surface area contributed by atoms with Crippen LogP contribution in [0.3, 0.4) is 0 Å². The van der Waals surface area contributed by atoms with Crippen molar-refractivity contribution in [2.75, 3.05) is 12.4 Å². The van der Waals surface area contributed by atoms with E-state index in [9.17, 15) is 9.18 Å². The van der Waals surface area contributed by atoms with Crippen molar-refractivity contribution in [1.29, 1.82) is 0 Å². The van der Waals surface area contributed by atoms with Crippen LogP contribution in [0.4, 0.5) is 4.39 Å². The van der Waals surface area contributed by atoms with Crippen LogP contribution >= 0.6 is 11.8 Å². The number of para-hydroxylation sites is 1. The Bertz CT molecular complexity index is 1280. The molecule has 0 fully saturated rings. The Morgan fingerprint density at radius 3 is 2.49 bits per heavy atom. The average Bonchev–Trinajstić information content (AvgIpc) is 3.29. The van der Waals surface area contributed by atoms with Gasteiger partial charge in [-0.05, 0) is 37.1 Å². The Labute approximate surface area is 208 Å².